The maximum Gasteiger partial charge on any atom is 0.0771 e. The second-order valence-electron chi connectivity index (χ2n) is 7.06. The summed E-state index contributed by atoms with van der Waals surface area (Å²) in [6, 6.07) is 4.01. The predicted octanol–water partition coefficient (Wildman–Crippen LogP) is 2.17. The molecule has 19 heavy (non-hydrogen) atoms. The highest BCUT2D eigenvalue weighted by Gasteiger charge is 2.39. The molecule has 1 aromatic rings. The molecule has 4 nitrogen and oxygen atoms in total. The molecular weight excluding hydrogens is 236 g/mol. The van der Waals surface area contributed by atoms with Crippen LogP contribution in [0.2, 0.25) is 0 Å². The molecule has 0 saturated carbocycles. The van der Waals surface area contributed by atoms with Gasteiger partial charge >= 0.3 is 0 Å². The Kier molecular flexibility index (Phi) is 3.92. The molecule has 106 valence electrons. The van der Waals surface area contributed by atoms with Crippen LogP contribution in [0.4, 0.5) is 0 Å². The largest absolute Gasteiger partial charge is 0.294 e. The highest BCUT2D eigenvalue weighted by Crippen LogP contribution is 2.29. The normalized spacial score (nSPS) is 21.5. The lowest BCUT2D eigenvalue weighted by Crippen LogP contribution is -2.64. The van der Waals surface area contributed by atoms with Crippen LogP contribution in [0.15, 0.2) is 18.3 Å². The fourth-order valence-corrected chi connectivity index (χ4v) is 3.28. The van der Waals surface area contributed by atoms with E-state index in [1.54, 1.807) is 6.20 Å². The Bertz CT molecular complexity index is 408. The van der Waals surface area contributed by atoms with Gasteiger partial charge in [0.15, 0.2) is 0 Å². The van der Waals surface area contributed by atoms with Gasteiger partial charge in [-0.2, -0.15) is 10.2 Å². The van der Waals surface area contributed by atoms with E-state index >= 15 is 0 Å². The highest BCUT2D eigenvalue weighted by molar-refractivity contribution is 5.02. The summed E-state index contributed by atoms with van der Waals surface area (Å²) < 4.78 is 0. The summed E-state index contributed by atoms with van der Waals surface area (Å²) in [5, 5.41) is 8.14. The molecule has 0 amide bonds. The van der Waals surface area contributed by atoms with Gasteiger partial charge in [0, 0.05) is 43.5 Å². The van der Waals surface area contributed by atoms with Crippen LogP contribution in [-0.4, -0.2) is 50.7 Å². The Labute approximate surface area is 116 Å². The smallest absolute Gasteiger partial charge is 0.0771 e. The van der Waals surface area contributed by atoms with E-state index in [4.69, 9.17) is 0 Å². The van der Waals surface area contributed by atoms with Crippen molar-refractivity contribution < 1.29 is 0 Å². The van der Waals surface area contributed by atoms with Crippen LogP contribution in [0.5, 0.6) is 0 Å². The van der Waals surface area contributed by atoms with E-state index in [1.807, 2.05) is 6.07 Å². The SMILES string of the molecule is CC(C)(C)N1CCN(Cc2cccnn2)CC1(C)C. The third kappa shape index (κ3) is 3.51. The Morgan fingerprint density at radius 2 is 2.00 bits per heavy atom. The first-order valence-electron chi connectivity index (χ1n) is 7.06. The predicted molar refractivity (Wildman–Crippen MR) is 77.8 cm³/mol. The van der Waals surface area contributed by atoms with Gasteiger partial charge in [-0.1, -0.05) is 0 Å². The summed E-state index contributed by atoms with van der Waals surface area (Å²) in [5.41, 5.74) is 1.48. The van der Waals surface area contributed by atoms with Crippen LogP contribution in [0.25, 0.3) is 0 Å². The van der Waals surface area contributed by atoms with Crippen LogP contribution in [0, 0.1) is 0 Å². The lowest BCUT2D eigenvalue weighted by molar-refractivity contribution is -0.0410. The molecule has 1 aliphatic rings. The first-order valence-corrected chi connectivity index (χ1v) is 7.06. The van der Waals surface area contributed by atoms with Gasteiger partial charge in [-0.3, -0.25) is 9.80 Å². The molecule has 2 heterocycles. The topological polar surface area (TPSA) is 32.3 Å². The van der Waals surface area contributed by atoms with Crippen LogP contribution in [-0.2, 0) is 6.54 Å². The maximum atomic E-state index is 4.18. The average molecular weight is 262 g/mol. The quantitative estimate of drug-likeness (QED) is 0.817. The Morgan fingerprint density at radius 1 is 1.26 bits per heavy atom. The van der Waals surface area contributed by atoms with Crippen molar-refractivity contribution in [1.82, 2.24) is 20.0 Å². The van der Waals surface area contributed by atoms with Gasteiger partial charge in [0.2, 0.25) is 0 Å². The monoisotopic (exact) mass is 262 g/mol. The molecule has 1 aromatic heterocycles. The van der Waals surface area contributed by atoms with E-state index in [1.165, 1.54) is 0 Å². The minimum Gasteiger partial charge on any atom is -0.294 e. The van der Waals surface area contributed by atoms with Gasteiger partial charge in [-0.05, 0) is 46.8 Å². The molecule has 0 aromatic carbocycles. The molecule has 0 N–H and O–H groups in total. The van der Waals surface area contributed by atoms with E-state index in [0.717, 1.165) is 31.9 Å². The minimum absolute atomic E-state index is 0.193. The Morgan fingerprint density at radius 3 is 2.53 bits per heavy atom. The third-order valence-corrected chi connectivity index (χ3v) is 3.80. The lowest BCUT2D eigenvalue weighted by atomic mass is 9.91. The number of hydrogen-bond acceptors (Lipinski definition) is 4. The van der Waals surface area contributed by atoms with Crippen molar-refractivity contribution in [2.24, 2.45) is 0 Å². The maximum absolute atomic E-state index is 4.18. The zero-order valence-electron chi connectivity index (χ0n) is 12.8. The number of rotatable bonds is 2. The van der Waals surface area contributed by atoms with Crippen LogP contribution in [0.3, 0.4) is 0 Å². The van der Waals surface area contributed by atoms with Crippen molar-refractivity contribution in [1.29, 1.82) is 0 Å². The molecule has 1 aliphatic heterocycles. The van der Waals surface area contributed by atoms with Gasteiger partial charge in [0.05, 0.1) is 5.69 Å². The number of piperazine rings is 1. The highest BCUT2D eigenvalue weighted by atomic mass is 15.3. The first kappa shape index (κ1) is 14.4. The summed E-state index contributed by atoms with van der Waals surface area (Å²) in [5.74, 6) is 0. The van der Waals surface area contributed by atoms with Crippen LogP contribution < -0.4 is 0 Å². The second-order valence-corrected chi connectivity index (χ2v) is 7.06. The fraction of sp³-hybridized carbons (Fsp3) is 0.733. The Balaban J connectivity index is 2.02. The van der Waals surface area contributed by atoms with Crippen molar-refractivity contribution in [3.05, 3.63) is 24.0 Å². The molecule has 1 fully saturated rings. The minimum atomic E-state index is 0.193. The summed E-state index contributed by atoms with van der Waals surface area (Å²) in [6.45, 7) is 15.7. The molecule has 0 spiro atoms. The van der Waals surface area contributed by atoms with Gasteiger partial charge < -0.3 is 0 Å². The van der Waals surface area contributed by atoms with Crippen LogP contribution >= 0.6 is 0 Å². The number of nitrogens with zero attached hydrogens (tertiary/aromatic N) is 4. The van der Waals surface area contributed by atoms with E-state index in [9.17, 15) is 0 Å². The summed E-state index contributed by atoms with van der Waals surface area (Å²) in [7, 11) is 0. The molecular formula is C15H26N4. The second kappa shape index (κ2) is 5.17. The number of hydrogen-bond donors (Lipinski definition) is 0. The van der Waals surface area contributed by atoms with Crippen molar-refractivity contribution in [3.8, 4) is 0 Å². The zero-order chi connectivity index (χ0) is 14.1. The van der Waals surface area contributed by atoms with E-state index in [-0.39, 0.29) is 11.1 Å². The average Bonchev–Trinajstić information content (AvgIpc) is 2.27. The van der Waals surface area contributed by atoms with Gasteiger partial charge in [0.1, 0.15) is 0 Å². The molecule has 0 unspecified atom stereocenters. The number of aromatic nitrogens is 2. The van der Waals surface area contributed by atoms with E-state index in [2.05, 4.69) is 60.7 Å². The Hall–Kier alpha value is -1.00. The third-order valence-electron chi connectivity index (χ3n) is 3.80. The molecule has 4 heteroatoms. The van der Waals surface area contributed by atoms with Crippen molar-refractivity contribution in [2.45, 2.75) is 52.2 Å². The van der Waals surface area contributed by atoms with Crippen LogP contribution in [0.1, 0.15) is 40.3 Å². The van der Waals surface area contributed by atoms with E-state index in [0.29, 0.717) is 0 Å². The molecule has 0 aliphatic carbocycles. The summed E-state index contributed by atoms with van der Waals surface area (Å²) in [6.07, 6.45) is 1.73. The molecule has 0 radical (unpaired) electrons. The zero-order valence-corrected chi connectivity index (χ0v) is 12.8. The molecule has 1 saturated heterocycles. The fourth-order valence-electron chi connectivity index (χ4n) is 3.28. The first-order chi connectivity index (χ1) is 8.79. The molecule has 2 rings (SSSR count). The van der Waals surface area contributed by atoms with Crippen molar-refractivity contribution >= 4 is 0 Å². The van der Waals surface area contributed by atoms with Gasteiger partial charge in [-0.25, -0.2) is 0 Å². The standard InChI is InChI=1S/C15H26N4/c1-14(2,3)19-10-9-18(12-15(19,4)5)11-13-7-6-8-16-17-13/h6-8H,9-12H2,1-5H3. The van der Waals surface area contributed by atoms with E-state index < -0.39 is 0 Å². The van der Waals surface area contributed by atoms with Gasteiger partial charge in [-0.15, -0.1) is 0 Å². The summed E-state index contributed by atoms with van der Waals surface area (Å²) in [4.78, 5) is 5.08. The lowest BCUT2D eigenvalue weighted by Gasteiger charge is -2.53. The molecule has 0 bridgehead atoms. The van der Waals surface area contributed by atoms with Crippen molar-refractivity contribution in [2.75, 3.05) is 19.6 Å². The van der Waals surface area contributed by atoms with Crippen molar-refractivity contribution in [3.63, 3.8) is 0 Å². The summed E-state index contributed by atoms with van der Waals surface area (Å²) >= 11 is 0. The van der Waals surface area contributed by atoms with Gasteiger partial charge in [0.25, 0.3) is 0 Å². The molecule has 0 atom stereocenters.